The fraction of sp³-hybridized carbons (Fsp3) is 0.130. The zero-order valence-electron chi connectivity index (χ0n) is 15.4. The monoisotopic (exact) mass is 393 g/mol. The smallest absolute Gasteiger partial charge is 0.229 e. The minimum atomic E-state index is -3.36. The van der Waals surface area contributed by atoms with Crippen molar-refractivity contribution in [3.05, 3.63) is 100 Å². The van der Waals surface area contributed by atoms with Crippen LogP contribution in [0.25, 0.3) is 11.6 Å². The summed E-state index contributed by atoms with van der Waals surface area (Å²) >= 11 is 0. The van der Waals surface area contributed by atoms with Gasteiger partial charge in [-0.1, -0.05) is 42.5 Å². The molecule has 0 amide bonds. The molecule has 0 spiro atoms. The number of fused-ring (bicyclic) bond motifs is 2. The Kier molecular flexibility index (Phi) is 4.77. The molecule has 0 radical (unpaired) electrons. The Morgan fingerprint density at radius 1 is 0.893 bits per heavy atom. The number of halogens is 1. The summed E-state index contributed by atoms with van der Waals surface area (Å²) in [6.07, 6.45) is 4.86. The summed E-state index contributed by atoms with van der Waals surface area (Å²) in [5.74, 6) is -0.267. The first-order chi connectivity index (χ1) is 13.4. The number of nitrogens with one attached hydrogen (secondary N) is 1. The summed E-state index contributed by atoms with van der Waals surface area (Å²) in [7, 11) is -3.36. The quantitative estimate of drug-likeness (QED) is 0.689. The van der Waals surface area contributed by atoms with E-state index in [4.69, 9.17) is 0 Å². The summed E-state index contributed by atoms with van der Waals surface area (Å²) in [5.41, 5.74) is 6.57. The minimum absolute atomic E-state index is 0.267. The number of sulfonamides is 1. The van der Waals surface area contributed by atoms with Crippen molar-refractivity contribution in [1.29, 1.82) is 0 Å². The third-order valence-electron chi connectivity index (χ3n) is 4.83. The van der Waals surface area contributed by atoms with Gasteiger partial charge in [-0.15, -0.1) is 0 Å². The molecule has 4 rings (SSSR count). The van der Waals surface area contributed by atoms with Crippen LogP contribution in [0.3, 0.4) is 0 Å². The molecular formula is C23H20FNO2S. The molecule has 1 N–H and O–H groups in total. The van der Waals surface area contributed by atoms with Crippen molar-refractivity contribution in [2.45, 2.75) is 12.8 Å². The molecule has 3 nitrogen and oxygen atoms in total. The highest BCUT2D eigenvalue weighted by Gasteiger charge is 2.18. The van der Waals surface area contributed by atoms with Crippen molar-refractivity contribution in [2.24, 2.45) is 0 Å². The summed E-state index contributed by atoms with van der Waals surface area (Å²) in [4.78, 5) is 0. The lowest BCUT2D eigenvalue weighted by molar-refractivity contribution is 0.607. The summed E-state index contributed by atoms with van der Waals surface area (Å²) in [5, 5.41) is 0. The van der Waals surface area contributed by atoms with Gasteiger partial charge in [0.25, 0.3) is 0 Å². The van der Waals surface area contributed by atoms with Gasteiger partial charge in [0.2, 0.25) is 10.0 Å². The Hall–Kier alpha value is -2.92. The van der Waals surface area contributed by atoms with E-state index in [0.717, 1.165) is 46.9 Å². The van der Waals surface area contributed by atoms with Crippen molar-refractivity contribution in [1.82, 2.24) is 0 Å². The molecule has 28 heavy (non-hydrogen) atoms. The first kappa shape index (κ1) is 18.4. The van der Waals surface area contributed by atoms with Gasteiger partial charge in [0.1, 0.15) is 5.82 Å². The molecule has 3 aromatic carbocycles. The predicted molar refractivity (Wildman–Crippen MR) is 112 cm³/mol. The number of anilines is 1. The number of hydrogen-bond acceptors (Lipinski definition) is 2. The molecule has 0 saturated heterocycles. The maximum atomic E-state index is 14.1. The van der Waals surface area contributed by atoms with Gasteiger partial charge in [0.05, 0.1) is 6.26 Å². The van der Waals surface area contributed by atoms with Crippen molar-refractivity contribution in [3.8, 4) is 0 Å². The van der Waals surface area contributed by atoms with E-state index in [9.17, 15) is 12.8 Å². The van der Waals surface area contributed by atoms with Crippen LogP contribution >= 0.6 is 0 Å². The highest BCUT2D eigenvalue weighted by Crippen LogP contribution is 2.35. The Labute approximate surface area is 164 Å². The highest BCUT2D eigenvalue weighted by atomic mass is 32.2. The lowest BCUT2D eigenvalue weighted by Crippen LogP contribution is -2.09. The molecule has 5 heteroatoms. The van der Waals surface area contributed by atoms with Gasteiger partial charge in [-0.3, -0.25) is 4.72 Å². The van der Waals surface area contributed by atoms with Crippen molar-refractivity contribution >= 4 is 27.4 Å². The Balaban J connectivity index is 1.89. The molecule has 1 aliphatic rings. The van der Waals surface area contributed by atoms with Gasteiger partial charge in [0.15, 0.2) is 0 Å². The standard InChI is InChI=1S/C23H20FNO2S/c1-28(26,27)25-20-7-4-5-16(13-20)14-23-21-8-3-2-6-17(21)9-10-18-11-12-19(24)15-22(18)23/h2-8,11-15,25H,9-10H2,1H3/b23-14-. The van der Waals surface area contributed by atoms with Crippen LogP contribution < -0.4 is 4.72 Å². The van der Waals surface area contributed by atoms with E-state index in [1.807, 2.05) is 30.3 Å². The maximum Gasteiger partial charge on any atom is 0.229 e. The van der Waals surface area contributed by atoms with Crippen LogP contribution in [0.15, 0.2) is 66.7 Å². The van der Waals surface area contributed by atoms with Crippen LogP contribution in [0, 0.1) is 5.82 Å². The molecule has 0 fully saturated rings. The van der Waals surface area contributed by atoms with Gasteiger partial charge in [0, 0.05) is 5.69 Å². The van der Waals surface area contributed by atoms with Crippen molar-refractivity contribution in [3.63, 3.8) is 0 Å². The average Bonchev–Trinajstić information content (AvgIpc) is 2.78. The molecule has 3 aromatic rings. The molecule has 0 aromatic heterocycles. The van der Waals surface area contributed by atoms with E-state index < -0.39 is 10.0 Å². The van der Waals surface area contributed by atoms with Gasteiger partial charge in [-0.25, -0.2) is 12.8 Å². The zero-order chi connectivity index (χ0) is 19.7. The second-order valence-corrected chi connectivity index (χ2v) is 8.76. The third-order valence-corrected chi connectivity index (χ3v) is 5.44. The van der Waals surface area contributed by atoms with E-state index in [0.29, 0.717) is 5.69 Å². The van der Waals surface area contributed by atoms with E-state index in [-0.39, 0.29) is 5.82 Å². The van der Waals surface area contributed by atoms with Crippen LogP contribution in [0.5, 0.6) is 0 Å². The van der Waals surface area contributed by atoms with Crippen LogP contribution in [-0.2, 0) is 22.9 Å². The van der Waals surface area contributed by atoms with E-state index in [1.165, 1.54) is 11.6 Å². The Morgan fingerprint density at radius 3 is 2.43 bits per heavy atom. The molecular weight excluding hydrogens is 373 g/mol. The van der Waals surface area contributed by atoms with Crippen molar-refractivity contribution in [2.75, 3.05) is 11.0 Å². The predicted octanol–water partition coefficient (Wildman–Crippen LogP) is 4.88. The van der Waals surface area contributed by atoms with Crippen molar-refractivity contribution < 1.29 is 12.8 Å². The van der Waals surface area contributed by atoms with Gasteiger partial charge < -0.3 is 0 Å². The van der Waals surface area contributed by atoms with Crippen LogP contribution in [0.4, 0.5) is 10.1 Å². The average molecular weight is 393 g/mol. The van der Waals surface area contributed by atoms with Gasteiger partial charge in [-0.2, -0.15) is 0 Å². The maximum absolute atomic E-state index is 14.1. The molecule has 0 saturated carbocycles. The molecule has 142 valence electrons. The molecule has 0 heterocycles. The summed E-state index contributed by atoms with van der Waals surface area (Å²) < 4.78 is 39.7. The molecule has 1 aliphatic carbocycles. The summed E-state index contributed by atoms with van der Waals surface area (Å²) in [6, 6.07) is 20.3. The SMILES string of the molecule is CS(=O)(=O)Nc1cccc(/C=C2/c3ccccc3CCc3ccc(F)cc32)c1. The van der Waals surface area contributed by atoms with Crippen LogP contribution in [0.2, 0.25) is 0 Å². The number of benzene rings is 3. The van der Waals surface area contributed by atoms with E-state index in [2.05, 4.69) is 16.9 Å². The lowest BCUT2D eigenvalue weighted by atomic mass is 9.92. The Bertz CT molecular complexity index is 1180. The second-order valence-electron chi connectivity index (χ2n) is 7.02. The fourth-order valence-corrected chi connectivity index (χ4v) is 4.22. The van der Waals surface area contributed by atoms with E-state index >= 15 is 0 Å². The minimum Gasteiger partial charge on any atom is -0.284 e. The number of aryl methyl sites for hydroxylation is 2. The number of rotatable bonds is 3. The molecule has 0 atom stereocenters. The fourth-order valence-electron chi connectivity index (χ4n) is 3.66. The van der Waals surface area contributed by atoms with Gasteiger partial charge >= 0.3 is 0 Å². The molecule has 0 unspecified atom stereocenters. The lowest BCUT2D eigenvalue weighted by Gasteiger charge is -2.13. The normalized spacial score (nSPS) is 14.9. The van der Waals surface area contributed by atoms with Gasteiger partial charge in [-0.05, 0) is 76.6 Å². The summed E-state index contributed by atoms with van der Waals surface area (Å²) in [6.45, 7) is 0. The largest absolute Gasteiger partial charge is 0.284 e. The highest BCUT2D eigenvalue weighted by molar-refractivity contribution is 7.92. The first-order valence-corrected chi connectivity index (χ1v) is 10.9. The Morgan fingerprint density at radius 2 is 1.64 bits per heavy atom. The molecule has 0 aliphatic heterocycles. The van der Waals surface area contributed by atoms with Crippen LogP contribution in [0.1, 0.15) is 27.8 Å². The number of hydrogen-bond donors (Lipinski definition) is 1. The van der Waals surface area contributed by atoms with E-state index in [1.54, 1.807) is 24.3 Å². The third kappa shape index (κ3) is 3.99. The second kappa shape index (κ2) is 7.24. The zero-order valence-corrected chi connectivity index (χ0v) is 16.3. The molecule has 0 bridgehead atoms. The topological polar surface area (TPSA) is 46.2 Å². The first-order valence-electron chi connectivity index (χ1n) is 9.06. The van der Waals surface area contributed by atoms with Crippen LogP contribution in [-0.4, -0.2) is 14.7 Å².